The van der Waals surface area contributed by atoms with Gasteiger partial charge in [-0.15, -0.1) is 10.2 Å². The van der Waals surface area contributed by atoms with E-state index in [1.54, 1.807) is 36.4 Å². The molecule has 1 aliphatic heterocycles. The summed E-state index contributed by atoms with van der Waals surface area (Å²) in [5.74, 6) is -2.22. The van der Waals surface area contributed by atoms with Gasteiger partial charge in [0, 0.05) is 17.7 Å². The molecule has 0 atom stereocenters. The highest BCUT2D eigenvalue weighted by molar-refractivity contribution is 6.20. The van der Waals surface area contributed by atoms with E-state index >= 15 is 0 Å². The first-order valence-corrected chi connectivity index (χ1v) is 8.85. The Hall–Kier alpha value is -4.41. The maximum atomic E-state index is 12.2. The average molecular weight is 406 g/mol. The Morgan fingerprint density at radius 2 is 1.67 bits per heavy atom. The van der Waals surface area contributed by atoms with Crippen LogP contribution in [0.3, 0.4) is 0 Å². The highest BCUT2D eigenvalue weighted by Crippen LogP contribution is 2.22. The normalized spacial score (nSPS) is 12.6. The Kier molecular flexibility index (Phi) is 4.99. The molecule has 0 unspecified atom stereocenters. The molecule has 3 amide bonds. The molecule has 2 heterocycles. The highest BCUT2D eigenvalue weighted by atomic mass is 16.7. The van der Waals surface area contributed by atoms with Crippen LogP contribution < -0.4 is 5.32 Å². The van der Waals surface area contributed by atoms with Crippen molar-refractivity contribution in [1.29, 1.82) is 0 Å². The number of hydroxylamine groups is 2. The number of aromatic nitrogens is 4. The number of hydrogen-bond acceptors (Lipinski definition) is 8. The topological polar surface area (TPSA) is 147 Å². The summed E-state index contributed by atoms with van der Waals surface area (Å²) in [5.41, 5.74) is 1.40. The van der Waals surface area contributed by atoms with Crippen LogP contribution in [0.5, 0.6) is 0 Å². The van der Waals surface area contributed by atoms with E-state index in [-0.39, 0.29) is 24.1 Å². The third-order valence-corrected chi connectivity index (χ3v) is 4.32. The van der Waals surface area contributed by atoms with Gasteiger partial charge in [-0.25, -0.2) is 4.79 Å². The summed E-state index contributed by atoms with van der Waals surface area (Å²) in [6.45, 7) is -0.0343. The number of tetrazole rings is 1. The lowest BCUT2D eigenvalue weighted by molar-refractivity contribution is -0.168. The fourth-order valence-electron chi connectivity index (χ4n) is 2.83. The molecule has 0 fully saturated rings. The number of imide groups is 1. The van der Waals surface area contributed by atoms with Crippen LogP contribution in [0, 0.1) is 0 Å². The molecule has 150 valence electrons. The summed E-state index contributed by atoms with van der Waals surface area (Å²) in [5, 5.41) is 16.5. The van der Waals surface area contributed by atoms with Crippen LogP contribution >= 0.6 is 0 Å². The molecule has 2 aromatic carbocycles. The molecule has 3 aromatic rings. The minimum Gasteiger partial charge on any atom is -0.351 e. The van der Waals surface area contributed by atoms with Gasteiger partial charge in [0.1, 0.15) is 0 Å². The number of nitrogens with zero attached hydrogens (tertiary/aromatic N) is 4. The number of H-pyrrole nitrogens is 1. The number of hydrogen-bond donors (Lipinski definition) is 2. The van der Waals surface area contributed by atoms with Crippen LogP contribution in [0.15, 0.2) is 48.5 Å². The van der Waals surface area contributed by atoms with E-state index in [0.29, 0.717) is 22.0 Å². The second kappa shape index (κ2) is 7.91. The van der Waals surface area contributed by atoms with Gasteiger partial charge in [-0.3, -0.25) is 14.4 Å². The molecule has 1 aliphatic rings. The SMILES string of the molecule is O=C(CCNC(=O)c1ccc(-c2nn[nH]n2)cc1)ON1C(=O)c2ccccc2C1=O. The lowest BCUT2D eigenvalue weighted by Crippen LogP contribution is -2.34. The number of fused-ring (bicyclic) bond motifs is 1. The van der Waals surface area contributed by atoms with E-state index in [9.17, 15) is 19.2 Å². The minimum atomic E-state index is -0.822. The monoisotopic (exact) mass is 406 g/mol. The van der Waals surface area contributed by atoms with Gasteiger partial charge >= 0.3 is 5.97 Å². The molecule has 0 aliphatic carbocycles. The lowest BCUT2D eigenvalue weighted by atomic mass is 10.1. The summed E-state index contributed by atoms with van der Waals surface area (Å²) < 4.78 is 0. The molecule has 0 spiro atoms. The van der Waals surface area contributed by atoms with Gasteiger partial charge in [0.05, 0.1) is 17.5 Å². The number of nitrogens with one attached hydrogen (secondary N) is 2. The van der Waals surface area contributed by atoms with Crippen molar-refractivity contribution in [3.05, 3.63) is 65.2 Å². The number of amides is 3. The second-order valence-electron chi connectivity index (χ2n) is 6.23. The van der Waals surface area contributed by atoms with E-state index in [1.807, 2.05) is 0 Å². The largest absolute Gasteiger partial charge is 0.351 e. The second-order valence-corrected chi connectivity index (χ2v) is 6.23. The molecule has 4 rings (SSSR count). The molecule has 0 bridgehead atoms. The minimum absolute atomic E-state index is 0.0343. The Bertz CT molecular complexity index is 1090. The van der Waals surface area contributed by atoms with Crippen molar-refractivity contribution in [2.45, 2.75) is 6.42 Å². The molecular formula is C19H14N6O5. The van der Waals surface area contributed by atoms with E-state index < -0.39 is 23.7 Å². The fourth-order valence-corrected chi connectivity index (χ4v) is 2.83. The van der Waals surface area contributed by atoms with Crippen molar-refractivity contribution in [3.63, 3.8) is 0 Å². The molecular weight excluding hydrogens is 392 g/mol. The lowest BCUT2D eigenvalue weighted by Gasteiger charge is -2.12. The van der Waals surface area contributed by atoms with Crippen LogP contribution in [0.25, 0.3) is 11.4 Å². The average Bonchev–Trinajstić information content (AvgIpc) is 3.38. The van der Waals surface area contributed by atoms with Gasteiger partial charge < -0.3 is 10.2 Å². The Morgan fingerprint density at radius 3 is 2.27 bits per heavy atom. The van der Waals surface area contributed by atoms with Gasteiger partial charge in [-0.1, -0.05) is 29.3 Å². The summed E-state index contributed by atoms with van der Waals surface area (Å²) in [6, 6.07) is 12.7. The van der Waals surface area contributed by atoms with Crippen molar-refractivity contribution < 1.29 is 24.0 Å². The first-order chi connectivity index (χ1) is 14.5. The van der Waals surface area contributed by atoms with Crippen LogP contribution in [0.1, 0.15) is 37.5 Å². The molecule has 0 radical (unpaired) electrons. The van der Waals surface area contributed by atoms with E-state index in [4.69, 9.17) is 4.84 Å². The summed E-state index contributed by atoms with van der Waals surface area (Å²) in [6.07, 6.45) is -0.222. The smallest absolute Gasteiger partial charge is 0.335 e. The molecule has 11 nitrogen and oxygen atoms in total. The molecule has 11 heteroatoms. The van der Waals surface area contributed by atoms with E-state index in [2.05, 4.69) is 25.9 Å². The third-order valence-electron chi connectivity index (χ3n) is 4.32. The predicted molar refractivity (Wildman–Crippen MR) is 99.6 cm³/mol. The predicted octanol–water partition coefficient (Wildman–Crippen LogP) is 0.741. The summed E-state index contributed by atoms with van der Waals surface area (Å²) in [7, 11) is 0. The Morgan fingerprint density at radius 1 is 1.00 bits per heavy atom. The molecule has 2 N–H and O–H groups in total. The highest BCUT2D eigenvalue weighted by Gasteiger charge is 2.38. The van der Waals surface area contributed by atoms with Crippen LogP contribution in [-0.4, -0.2) is 55.9 Å². The number of carbonyl (C=O) groups is 4. The zero-order valence-electron chi connectivity index (χ0n) is 15.4. The van der Waals surface area contributed by atoms with Crippen LogP contribution in [0.4, 0.5) is 0 Å². The van der Waals surface area contributed by atoms with Gasteiger partial charge in [0.25, 0.3) is 17.7 Å². The summed E-state index contributed by atoms with van der Waals surface area (Å²) >= 11 is 0. The fraction of sp³-hybridized carbons (Fsp3) is 0.105. The third kappa shape index (κ3) is 3.63. The standard InChI is InChI=1S/C19H14N6O5/c26-15(30-25-18(28)13-3-1-2-4-14(13)19(25)29)9-10-20-17(27)12-7-5-11(6-8-12)16-21-23-24-22-16/h1-8H,9-10H2,(H,20,27)(H,21,22,23,24). The number of rotatable bonds is 6. The van der Waals surface area contributed by atoms with Gasteiger partial charge in [0.15, 0.2) is 0 Å². The number of aromatic amines is 1. The molecule has 0 saturated carbocycles. The zero-order chi connectivity index (χ0) is 21.1. The summed E-state index contributed by atoms with van der Waals surface area (Å²) in [4.78, 5) is 53.4. The number of carbonyl (C=O) groups excluding carboxylic acids is 4. The first kappa shape index (κ1) is 18.9. The van der Waals surface area contributed by atoms with Crippen LogP contribution in [0.2, 0.25) is 0 Å². The Labute approximate surface area is 169 Å². The van der Waals surface area contributed by atoms with Crippen molar-refractivity contribution >= 4 is 23.7 Å². The maximum Gasteiger partial charge on any atom is 0.335 e. The number of benzene rings is 2. The zero-order valence-corrected chi connectivity index (χ0v) is 15.4. The van der Waals surface area contributed by atoms with Crippen LogP contribution in [-0.2, 0) is 9.63 Å². The van der Waals surface area contributed by atoms with E-state index in [1.165, 1.54) is 12.1 Å². The Balaban J connectivity index is 1.27. The van der Waals surface area contributed by atoms with Gasteiger partial charge in [-0.05, 0) is 29.5 Å². The van der Waals surface area contributed by atoms with Crippen molar-refractivity contribution in [2.75, 3.05) is 6.54 Å². The van der Waals surface area contributed by atoms with E-state index in [0.717, 1.165) is 0 Å². The van der Waals surface area contributed by atoms with Gasteiger partial charge in [0.2, 0.25) is 5.82 Å². The van der Waals surface area contributed by atoms with Crippen molar-refractivity contribution in [2.24, 2.45) is 0 Å². The van der Waals surface area contributed by atoms with Crippen molar-refractivity contribution in [3.8, 4) is 11.4 Å². The molecule has 30 heavy (non-hydrogen) atoms. The quantitative estimate of drug-likeness (QED) is 0.570. The molecule has 0 saturated heterocycles. The van der Waals surface area contributed by atoms with Gasteiger partial charge in [-0.2, -0.15) is 5.21 Å². The first-order valence-electron chi connectivity index (χ1n) is 8.85. The molecule has 1 aromatic heterocycles. The maximum absolute atomic E-state index is 12.2. The van der Waals surface area contributed by atoms with Crippen molar-refractivity contribution in [1.82, 2.24) is 31.0 Å².